The third-order valence-corrected chi connectivity index (χ3v) is 3.76. The highest BCUT2D eigenvalue weighted by Gasteiger charge is 2.34. The Balaban J connectivity index is 1.94. The van der Waals surface area contributed by atoms with Crippen molar-refractivity contribution >= 4 is 23.5 Å². The lowest BCUT2D eigenvalue weighted by atomic mass is 10.2. The summed E-state index contributed by atoms with van der Waals surface area (Å²) in [4.78, 5) is 42.7. The van der Waals surface area contributed by atoms with Crippen molar-refractivity contribution in [3.05, 3.63) is 27.7 Å². The fourth-order valence-corrected chi connectivity index (χ4v) is 2.65. The first kappa shape index (κ1) is 17.0. The number of aromatic nitrogens is 3. The molecule has 134 valence electrons. The normalized spacial score (nSPS) is 14.3. The molecular formula is C16H21N5O4. The molecule has 0 saturated heterocycles. The molecule has 2 aromatic heterocycles. The number of hydrogen-bond acceptors (Lipinski definition) is 5. The maximum Gasteiger partial charge on any atom is 0.413 e. The van der Waals surface area contributed by atoms with Gasteiger partial charge in [-0.3, -0.25) is 20.0 Å². The Bertz CT molecular complexity index is 919. The molecule has 2 N–H and O–H groups in total. The van der Waals surface area contributed by atoms with Gasteiger partial charge in [0.2, 0.25) is 0 Å². The summed E-state index contributed by atoms with van der Waals surface area (Å²) in [6.07, 6.45) is -0.651. The highest BCUT2D eigenvalue weighted by Crippen LogP contribution is 2.21. The Morgan fingerprint density at radius 1 is 1.36 bits per heavy atom. The van der Waals surface area contributed by atoms with Crippen molar-refractivity contribution in [2.45, 2.75) is 52.8 Å². The van der Waals surface area contributed by atoms with Gasteiger partial charge in [0.05, 0.1) is 12.1 Å². The maximum absolute atomic E-state index is 12.6. The molecule has 0 spiro atoms. The summed E-state index contributed by atoms with van der Waals surface area (Å²) in [7, 11) is 0. The van der Waals surface area contributed by atoms with Crippen LogP contribution in [0.5, 0.6) is 0 Å². The third-order valence-electron chi connectivity index (χ3n) is 3.76. The standard InChI is InChI=1S/C16H21N5O4/c1-8(2)20-7-9-12(14(20)23)18-11-6-10(19-21(11)13(9)22)17-15(24)25-16(3,4)5/h6,8,19H,7H2,1-5H3,(H,17,24). The second-order valence-electron chi connectivity index (χ2n) is 7.26. The van der Waals surface area contributed by atoms with Crippen molar-refractivity contribution in [1.29, 1.82) is 0 Å². The lowest BCUT2D eigenvalue weighted by Gasteiger charge is -2.19. The summed E-state index contributed by atoms with van der Waals surface area (Å²) in [5.74, 6) is 0.00291. The van der Waals surface area contributed by atoms with E-state index in [1.807, 2.05) is 13.8 Å². The fourth-order valence-electron chi connectivity index (χ4n) is 2.65. The van der Waals surface area contributed by atoms with Crippen molar-refractivity contribution in [1.82, 2.24) is 19.5 Å². The quantitative estimate of drug-likeness (QED) is 0.860. The molecule has 0 unspecified atom stereocenters. The number of carbonyl (C=O) groups is 2. The van der Waals surface area contributed by atoms with E-state index in [0.717, 1.165) is 0 Å². The van der Waals surface area contributed by atoms with Crippen LogP contribution in [0.4, 0.5) is 10.6 Å². The summed E-state index contributed by atoms with van der Waals surface area (Å²) in [6, 6.07) is 1.46. The molecule has 0 radical (unpaired) electrons. The predicted octanol–water partition coefficient (Wildman–Crippen LogP) is 1.73. The first-order chi connectivity index (χ1) is 11.6. The monoisotopic (exact) mass is 347 g/mol. The van der Waals surface area contributed by atoms with Crippen LogP contribution in [0.1, 0.15) is 50.7 Å². The molecule has 0 bridgehead atoms. The van der Waals surface area contributed by atoms with Gasteiger partial charge in [-0.1, -0.05) is 0 Å². The lowest BCUT2D eigenvalue weighted by Crippen LogP contribution is -2.31. The molecule has 2 aromatic rings. The number of nitrogens with zero attached hydrogens (tertiary/aromatic N) is 3. The van der Waals surface area contributed by atoms with E-state index in [0.29, 0.717) is 5.56 Å². The van der Waals surface area contributed by atoms with Gasteiger partial charge in [0.25, 0.3) is 11.5 Å². The van der Waals surface area contributed by atoms with E-state index in [1.54, 1.807) is 25.7 Å². The van der Waals surface area contributed by atoms with Gasteiger partial charge < -0.3 is 9.64 Å². The fraction of sp³-hybridized carbons (Fsp3) is 0.500. The minimum absolute atomic E-state index is 0.0196. The average molecular weight is 347 g/mol. The number of fused-ring (bicyclic) bond motifs is 2. The number of aromatic amines is 1. The molecule has 0 atom stereocenters. The number of carbonyl (C=O) groups excluding carboxylic acids is 2. The highest BCUT2D eigenvalue weighted by atomic mass is 16.6. The van der Waals surface area contributed by atoms with Crippen molar-refractivity contribution in [2.24, 2.45) is 0 Å². The predicted molar refractivity (Wildman–Crippen MR) is 90.7 cm³/mol. The van der Waals surface area contributed by atoms with Gasteiger partial charge >= 0.3 is 6.09 Å². The number of nitrogens with one attached hydrogen (secondary N) is 2. The lowest BCUT2D eigenvalue weighted by molar-refractivity contribution is 0.0634. The minimum Gasteiger partial charge on any atom is -0.444 e. The van der Waals surface area contributed by atoms with E-state index < -0.39 is 11.7 Å². The second-order valence-corrected chi connectivity index (χ2v) is 7.26. The average Bonchev–Trinajstić information content (AvgIpc) is 2.99. The van der Waals surface area contributed by atoms with Crippen LogP contribution in [0.3, 0.4) is 0 Å². The zero-order valence-corrected chi connectivity index (χ0v) is 14.8. The number of anilines is 1. The van der Waals surface area contributed by atoms with Crippen LogP contribution in [0.25, 0.3) is 5.65 Å². The Morgan fingerprint density at radius 2 is 2.04 bits per heavy atom. The zero-order chi connectivity index (χ0) is 18.5. The number of rotatable bonds is 2. The molecule has 1 aliphatic rings. The van der Waals surface area contributed by atoms with E-state index in [1.165, 1.54) is 10.6 Å². The molecule has 0 fully saturated rings. The topological polar surface area (TPSA) is 109 Å². The van der Waals surface area contributed by atoms with E-state index in [9.17, 15) is 14.4 Å². The molecular weight excluding hydrogens is 326 g/mol. The molecule has 25 heavy (non-hydrogen) atoms. The molecule has 0 aromatic carbocycles. The van der Waals surface area contributed by atoms with Crippen LogP contribution >= 0.6 is 0 Å². The molecule has 9 nitrogen and oxygen atoms in total. The largest absolute Gasteiger partial charge is 0.444 e. The third kappa shape index (κ3) is 3.09. The summed E-state index contributed by atoms with van der Waals surface area (Å²) in [5, 5.41) is 5.29. The van der Waals surface area contributed by atoms with Crippen molar-refractivity contribution in [3.8, 4) is 0 Å². The van der Waals surface area contributed by atoms with Crippen LogP contribution < -0.4 is 10.9 Å². The van der Waals surface area contributed by atoms with Gasteiger partial charge in [-0.15, -0.1) is 0 Å². The Kier molecular flexibility index (Phi) is 3.81. The number of ether oxygens (including phenoxy) is 1. The molecule has 9 heteroatoms. The highest BCUT2D eigenvalue weighted by molar-refractivity contribution is 5.97. The Morgan fingerprint density at radius 3 is 2.64 bits per heavy atom. The van der Waals surface area contributed by atoms with Crippen LogP contribution in [0, 0.1) is 0 Å². The summed E-state index contributed by atoms with van der Waals surface area (Å²) < 4.78 is 6.38. The molecule has 1 aliphatic heterocycles. The van der Waals surface area contributed by atoms with Gasteiger partial charge in [-0.05, 0) is 34.6 Å². The van der Waals surface area contributed by atoms with Gasteiger partial charge in [-0.25, -0.2) is 9.78 Å². The van der Waals surface area contributed by atoms with E-state index >= 15 is 0 Å². The molecule has 2 amide bonds. The Labute approximate surface area is 144 Å². The molecule has 0 saturated carbocycles. The van der Waals surface area contributed by atoms with Gasteiger partial charge in [0.1, 0.15) is 17.1 Å². The van der Waals surface area contributed by atoms with E-state index in [4.69, 9.17) is 4.74 Å². The first-order valence-electron chi connectivity index (χ1n) is 8.02. The van der Waals surface area contributed by atoms with E-state index in [-0.39, 0.29) is 41.2 Å². The van der Waals surface area contributed by atoms with E-state index in [2.05, 4.69) is 15.4 Å². The Hall–Kier alpha value is -2.84. The SMILES string of the molecule is CC(C)N1Cc2c(nc3cc(NC(=O)OC(C)(C)C)[nH]n3c2=O)C1=O. The van der Waals surface area contributed by atoms with Crippen molar-refractivity contribution < 1.29 is 14.3 Å². The summed E-state index contributed by atoms with van der Waals surface area (Å²) in [6.45, 7) is 9.25. The van der Waals surface area contributed by atoms with Crippen LogP contribution in [-0.2, 0) is 11.3 Å². The van der Waals surface area contributed by atoms with Crippen molar-refractivity contribution in [3.63, 3.8) is 0 Å². The number of hydrogen-bond donors (Lipinski definition) is 2. The number of amides is 2. The van der Waals surface area contributed by atoms with Crippen LogP contribution in [-0.4, -0.2) is 43.1 Å². The molecule has 3 rings (SSSR count). The van der Waals surface area contributed by atoms with Gasteiger partial charge in [0, 0.05) is 12.1 Å². The van der Waals surface area contributed by atoms with Gasteiger partial charge in [0.15, 0.2) is 5.65 Å². The van der Waals surface area contributed by atoms with Crippen LogP contribution in [0.15, 0.2) is 10.9 Å². The molecule has 0 aliphatic carbocycles. The summed E-state index contributed by atoms with van der Waals surface area (Å²) >= 11 is 0. The van der Waals surface area contributed by atoms with Crippen molar-refractivity contribution in [2.75, 3.05) is 5.32 Å². The summed E-state index contributed by atoms with van der Waals surface area (Å²) in [5.41, 5.74) is -0.218. The zero-order valence-electron chi connectivity index (χ0n) is 14.8. The minimum atomic E-state index is -0.651. The smallest absolute Gasteiger partial charge is 0.413 e. The number of H-pyrrole nitrogens is 1. The first-order valence-corrected chi connectivity index (χ1v) is 8.02. The second kappa shape index (κ2) is 5.61. The maximum atomic E-state index is 12.6. The van der Waals surface area contributed by atoms with Gasteiger partial charge in [-0.2, -0.15) is 4.52 Å². The molecule has 3 heterocycles. The van der Waals surface area contributed by atoms with Crippen LogP contribution in [0.2, 0.25) is 0 Å².